The Balaban J connectivity index is 1.66. The van der Waals surface area contributed by atoms with E-state index in [1.165, 1.54) is 11.3 Å². The largest absolute Gasteiger partial charge is 0.444 e. The van der Waals surface area contributed by atoms with E-state index in [9.17, 15) is 4.79 Å². The normalized spacial score (nSPS) is 10.4. The van der Waals surface area contributed by atoms with E-state index in [-0.39, 0.29) is 11.9 Å². The Morgan fingerprint density at radius 3 is 2.80 bits per heavy atom. The average molecular weight is 355 g/mol. The minimum absolute atomic E-state index is 0.0124. The number of carbonyl (C=O) groups excluding carboxylic acids is 1. The van der Waals surface area contributed by atoms with Gasteiger partial charge in [-0.3, -0.25) is 10.6 Å². The minimum atomic E-state index is -0.455. The van der Waals surface area contributed by atoms with Gasteiger partial charge < -0.3 is 8.83 Å². The van der Waals surface area contributed by atoms with Crippen molar-refractivity contribution in [2.24, 2.45) is 0 Å². The molecule has 3 rings (SSSR count). The molecule has 0 unspecified atom stereocenters. The molecule has 0 atom stereocenters. The monoisotopic (exact) mass is 354 g/mol. The lowest BCUT2D eigenvalue weighted by molar-refractivity contribution is 0.261. The van der Waals surface area contributed by atoms with Gasteiger partial charge in [-0.15, -0.1) is 16.4 Å². The SMILES string of the molecule is O=C(Nc1nnc(-c2ccc(Br)o2)o1)Nc1cccs1. The molecule has 0 radical (unpaired) electrons. The van der Waals surface area contributed by atoms with Crippen LogP contribution in [0.5, 0.6) is 0 Å². The van der Waals surface area contributed by atoms with E-state index in [1.54, 1.807) is 18.2 Å². The number of urea groups is 1. The third-order valence-corrected chi connectivity index (χ3v) is 3.40. The summed E-state index contributed by atoms with van der Waals surface area (Å²) in [4.78, 5) is 11.7. The van der Waals surface area contributed by atoms with E-state index in [0.29, 0.717) is 10.4 Å². The Bertz CT molecular complexity index is 722. The number of thiophene rings is 1. The van der Waals surface area contributed by atoms with E-state index in [4.69, 9.17) is 8.83 Å². The minimum Gasteiger partial charge on any atom is -0.444 e. The van der Waals surface area contributed by atoms with Crippen LogP contribution < -0.4 is 10.6 Å². The highest BCUT2D eigenvalue weighted by molar-refractivity contribution is 9.10. The van der Waals surface area contributed by atoms with E-state index < -0.39 is 6.03 Å². The second-order valence-corrected chi connectivity index (χ2v) is 5.30. The fourth-order valence-corrected chi connectivity index (χ4v) is 2.31. The Kier molecular flexibility index (Phi) is 3.52. The maximum absolute atomic E-state index is 11.7. The summed E-state index contributed by atoms with van der Waals surface area (Å²) in [6, 6.07) is 6.53. The van der Waals surface area contributed by atoms with Crippen LogP contribution in [0.25, 0.3) is 11.7 Å². The molecule has 0 saturated heterocycles. The third-order valence-electron chi connectivity index (χ3n) is 2.19. The lowest BCUT2D eigenvalue weighted by Crippen LogP contribution is -2.18. The van der Waals surface area contributed by atoms with Crippen LogP contribution >= 0.6 is 27.3 Å². The number of furan rings is 1. The summed E-state index contributed by atoms with van der Waals surface area (Å²) in [7, 11) is 0. The van der Waals surface area contributed by atoms with E-state index in [2.05, 4.69) is 36.8 Å². The summed E-state index contributed by atoms with van der Waals surface area (Å²) in [5.74, 6) is 0.596. The smallest absolute Gasteiger partial charge is 0.327 e. The number of halogens is 1. The molecule has 20 heavy (non-hydrogen) atoms. The van der Waals surface area contributed by atoms with Crippen molar-refractivity contribution in [1.29, 1.82) is 0 Å². The van der Waals surface area contributed by atoms with Crippen LogP contribution in [-0.4, -0.2) is 16.2 Å². The third kappa shape index (κ3) is 2.89. The highest BCUT2D eigenvalue weighted by Gasteiger charge is 2.14. The molecule has 0 saturated carbocycles. The Hall–Kier alpha value is -2.13. The number of hydrogen-bond acceptors (Lipinski definition) is 6. The summed E-state index contributed by atoms with van der Waals surface area (Å²) < 4.78 is 11.1. The molecule has 0 aromatic carbocycles. The van der Waals surface area contributed by atoms with Gasteiger partial charge in [-0.05, 0) is 45.6 Å². The van der Waals surface area contributed by atoms with Gasteiger partial charge in [0.05, 0.1) is 5.00 Å². The summed E-state index contributed by atoms with van der Waals surface area (Å²) in [6.45, 7) is 0. The van der Waals surface area contributed by atoms with Gasteiger partial charge in [0.15, 0.2) is 10.4 Å². The van der Waals surface area contributed by atoms with Gasteiger partial charge in [0.25, 0.3) is 5.89 Å². The summed E-state index contributed by atoms with van der Waals surface area (Å²) in [5.41, 5.74) is 0. The van der Waals surface area contributed by atoms with Gasteiger partial charge in [0.1, 0.15) is 0 Å². The second-order valence-electron chi connectivity index (χ2n) is 3.57. The maximum Gasteiger partial charge on any atom is 0.327 e. The first kappa shape index (κ1) is 12.9. The predicted octanol–water partition coefficient (Wildman–Crippen LogP) is 3.80. The number of carbonyl (C=O) groups is 1. The standard InChI is InChI=1S/C11H7BrN4O3S/c12-7-4-3-6(18-7)9-15-16-11(19-9)14-10(17)13-8-2-1-5-20-8/h1-5H,(H2,13,14,16,17). The lowest BCUT2D eigenvalue weighted by atomic mass is 10.5. The summed E-state index contributed by atoms with van der Waals surface area (Å²) >= 11 is 4.58. The van der Waals surface area contributed by atoms with Crippen LogP contribution in [-0.2, 0) is 0 Å². The zero-order valence-corrected chi connectivity index (χ0v) is 12.2. The molecule has 0 aliphatic rings. The number of amides is 2. The van der Waals surface area contributed by atoms with Crippen molar-refractivity contribution in [2.45, 2.75) is 0 Å². The topological polar surface area (TPSA) is 93.2 Å². The molecule has 0 fully saturated rings. The first-order chi connectivity index (χ1) is 9.70. The highest BCUT2D eigenvalue weighted by Crippen LogP contribution is 2.25. The molecule has 2 N–H and O–H groups in total. The van der Waals surface area contributed by atoms with E-state index >= 15 is 0 Å². The van der Waals surface area contributed by atoms with Gasteiger partial charge >= 0.3 is 12.0 Å². The molecule has 3 heterocycles. The van der Waals surface area contributed by atoms with Gasteiger partial charge in [-0.2, -0.15) is 0 Å². The number of hydrogen-bond donors (Lipinski definition) is 2. The fraction of sp³-hybridized carbons (Fsp3) is 0. The van der Waals surface area contributed by atoms with Crippen molar-refractivity contribution >= 4 is 44.3 Å². The van der Waals surface area contributed by atoms with Crippen LogP contribution in [0.15, 0.2) is 43.1 Å². The first-order valence-electron chi connectivity index (χ1n) is 5.41. The molecule has 0 spiro atoms. The van der Waals surface area contributed by atoms with Crippen molar-refractivity contribution in [3.05, 3.63) is 34.3 Å². The zero-order chi connectivity index (χ0) is 13.9. The van der Waals surface area contributed by atoms with Crippen molar-refractivity contribution in [2.75, 3.05) is 10.6 Å². The van der Waals surface area contributed by atoms with Gasteiger partial charge in [0, 0.05) is 0 Å². The molecule has 2 amide bonds. The average Bonchev–Trinajstić information content (AvgIpc) is 3.10. The van der Waals surface area contributed by atoms with Crippen LogP contribution in [0.2, 0.25) is 0 Å². The van der Waals surface area contributed by atoms with Crippen LogP contribution in [0.1, 0.15) is 0 Å². The Labute approximate surface area is 125 Å². The molecule has 3 aromatic rings. The predicted molar refractivity (Wildman–Crippen MR) is 76.7 cm³/mol. The Morgan fingerprint density at radius 2 is 2.10 bits per heavy atom. The van der Waals surface area contributed by atoms with E-state index in [0.717, 1.165) is 5.00 Å². The van der Waals surface area contributed by atoms with Gasteiger partial charge in [-0.1, -0.05) is 5.10 Å². The molecule has 9 heteroatoms. The number of rotatable bonds is 3. The summed E-state index contributed by atoms with van der Waals surface area (Å²) in [6.07, 6.45) is 0. The van der Waals surface area contributed by atoms with Gasteiger partial charge in [-0.25, -0.2) is 4.79 Å². The molecular formula is C11H7BrN4O3S. The van der Waals surface area contributed by atoms with E-state index in [1.807, 2.05) is 11.4 Å². The molecule has 0 aliphatic heterocycles. The van der Waals surface area contributed by atoms with Crippen molar-refractivity contribution in [1.82, 2.24) is 10.2 Å². The van der Waals surface area contributed by atoms with Crippen LogP contribution in [0.3, 0.4) is 0 Å². The van der Waals surface area contributed by atoms with Crippen LogP contribution in [0, 0.1) is 0 Å². The fourth-order valence-electron chi connectivity index (χ4n) is 1.39. The molecule has 102 valence electrons. The van der Waals surface area contributed by atoms with Crippen molar-refractivity contribution in [3.8, 4) is 11.7 Å². The zero-order valence-electron chi connectivity index (χ0n) is 9.79. The summed E-state index contributed by atoms with van der Waals surface area (Å²) in [5, 5.41) is 15.1. The Morgan fingerprint density at radius 1 is 1.20 bits per heavy atom. The van der Waals surface area contributed by atoms with Gasteiger partial charge in [0.2, 0.25) is 0 Å². The molecule has 0 aliphatic carbocycles. The number of nitrogens with zero attached hydrogens (tertiary/aromatic N) is 2. The first-order valence-corrected chi connectivity index (χ1v) is 7.09. The second kappa shape index (κ2) is 5.47. The van der Waals surface area contributed by atoms with Crippen molar-refractivity contribution in [3.63, 3.8) is 0 Å². The van der Waals surface area contributed by atoms with Crippen molar-refractivity contribution < 1.29 is 13.6 Å². The number of anilines is 2. The van der Waals surface area contributed by atoms with Crippen LogP contribution in [0.4, 0.5) is 15.8 Å². The number of aromatic nitrogens is 2. The molecule has 7 nitrogen and oxygen atoms in total. The maximum atomic E-state index is 11.7. The molecule has 0 bridgehead atoms. The quantitative estimate of drug-likeness (QED) is 0.745. The lowest BCUT2D eigenvalue weighted by Gasteiger charge is -2.00. The molecule has 3 aromatic heterocycles. The molecular weight excluding hydrogens is 348 g/mol. The number of nitrogens with one attached hydrogen (secondary N) is 2. The highest BCUT2D eigenvalue weighted by atomic mass is 79.9.